The van der Waals surface area contributed by atoms with Gasteiger partial charge in [0.25, 0.3) is 0 Å². The van der Waals surface area contributed by atoms with Crippen molar-refractivity contribution < 1.29 is 19.1 Å². The minimum atomic E-state index is -0.580. The average Bonchev–Trinajstić information content (AvgIpc) is 2.87. The molecule has 0 unspecified atom stereocenters. The summed E-state index contributed by atoms with van der Waals surface area (Å²) in [6, 6.07) is 3.53. The average molecular weight is 409 g/mol. The first kappa shape index (κ1) is 19.3. The van der Waals surface area contributed by atoms with Gasteiger partial charge in [0.15, 0.2) is 6.61 Å². The molecule has 0 aromatic carbocycles. The van der Waals surface area contributed by atoms with Crippen LogP contribution >= 0.6 is 15.9 Å². The highest BCUT2D eigenvalue weighted by Crippen LogP contribution is 2.21. The molecule has 0 bridgehead atoms. The first-order chi connectivity index (χ1) is 11.8. The zero-order chi connectivity index (χ0) is 18.6. The minimum Gasteiger partial charge on any atom is -0.454 e. The number of aryl methyl sites for hydroxylation is 1. The number of hydrogen-bond donors (Lipinski definition) is 0. The molecule has 0 aliphatic carbocycles. The van der Waals surface area contributed by atoms with Crippen LogP contribution in [0.4, 0.5) is 0 Å². The van der Waals surface area contributed by atoms with E-state index in [9.17, 15) is 9.59 Å². The van der Waals surface area contributed by atoms with Crippen molar-refractivity contribution in [3.8, 4) is 0 Å². The lowest BCUT2D eigenvalue weighted by Crippen LogP contribution is -2.17. The zero-order valence-electron chi connectivity index (χ0n) is 14.7. The number of methoxy groups -OCH3 is 1. The molecule has 0 fully saturated rings. The Morgan fingerprint density at radius 2 is 2.00 bits per heavy atom. The Bertz CT molecular complexity index is 785. The smallest absolute Gasteiger partial charge is 0.340 e. The summed E-state index contributed by atoms with van der Waals surface area (Å²) in [5, 5.41) is 0. The number of rotatable bonds is 7. The van der Waals surface area contributed by atoms with Gasteiger partial charge in [-0.15, -0.1) is 0 Å². The van der Waals surface area contributed by atoms with Gasteiger partial charge in [0.1, 0.15) is 0 Å². The Morgan fingerprint density at radius 3 is 2.64 bits per heavy atom. The van der Waals surface area contributed by atoms with Crippen molar-refractivity contribution in [1.82, 2.24) is 9.55 Å². The van der Waals surface area contributed by atoms with Gasteiger partial charge in [-0.3, -0.25) is 9.78 Å². The van der Waals surface area contributed by atoms with E-state index in [1.165, 1.54) is 6.20 Å². The second kappa shape index (κ2) is 8.40. The van der Waals surface area contributed by atoms with Gasteiger partial charge in [-0.1, -0.05) is 0 Å². The van der Waals surface area contributed by atoms with Gasteiger partial charge in [0.2, 0.25) is 5.78 Å². The molecule has 2 rings (SSSR count). The molecule has 2 aromatic heterocycles. The summed E-state index contributed by atoms with van der Waals surface area (Å²) in [6.45, 7) is 6.09. The summed E-state index contributed by atoms with van der Waals surface area (Å²) in [4.78, 5) is 28.4. The Hall–Kier alpha value is -1.99. The molecule has 0 N–H and O–H groups in total. The molecule has 7 heteroatoms. The van der Waals surface area contributed by atoms with Crippen LogP contribution in [0.1, 0.15) is 45.1 Å². The maximum Gasteiger partial charge on any atom is 0.340 e. The van der Waals surface area contributed by atoms with E-state index in [1.807, 2.05) is 26.8 Å². The van der Waals surface area contributed by atoms with Gasteiger partial charge < -0.3 is 14.0 Å². The van der Waals surface area contributed by atoms with Gasteiger partial charge >= 0.3 is 5.97 Å². The number of esters is 1. The fraction of sp³-hybridized carbons (Fsp3) is 0.389. The molecule has 0 aliphatic rings. The predicted molar refractivity (Wildman–Crippen MR) is 97.0 cm³/mol. The molecule has 0 saturated carbocycles. The van der Waals surface area contributed by atoms with Crippen molar-refractivity contribution >= 4 is 27.7 Å². The highest BCUT2D eigenvalue weighted by molar-refractivity contribution is 9.10. The number of aromatic nitrogens is 2. The molecule has 0 aliphatic heterocycles. The second-order valence-corrected chi connectivity index (χ2v) is 6.77. The molecule has 0 radical (unpaired) electrons. The number of ketones is 1. The monoisotopic (exact) mass is 408 g/mol. The molecule has 25 heavy (non-hydrogen) atoms. The highest BCUT2D eigenvalue weighted by atomic mass is 79.9. The fourth-order valence-electron chi connectivity index (χ4n) is 2.87. The number of Topliss-reactive ketones (excluding diaryl/α,β-unsaturated/α-hetero) is 1. The van der Waals surface area contributed by atoms with E-state index in [0.29, 0.717) is 22.2 Å². The van der Waals surface area contributed by atoms with Gasteiger partial charge in [-0.05, 0) is 48.8 Å². The molecule has 134 valence electrons. The molecule has 0 spiro atoms. The minimum absolute atomic E-state index is 0.113. The zero-order valence-corrected chi connectivity index (χ0v) is 16.3. The maximum atomic E-state index is 12.5. The number of hydrogen-bond acceptors (Lipinski definition) is 5. The maximum absolute atomic E-state index is 12.5. The Morgan fingerprint density at radius 1 is 1.28 bits per heavy atom. The van der Waals surface area contributed by atoms with Gasteiger partial charge in [0.05, 0.1) is 18.2 Å². The number of carbonyl (C=O) groups excluding carboxylic acids is 2. The predicted octanol–water partition coefficient (Wildman–Crippen LogP) is 3.51. The molecule has 0 amide bonds. The van der Waals surface area contributed by atoms with Crippen molar-refractivity contribution in [2.75, 3.05) is 20.3 Å². The number of halogens is 1. The van der Waals surface area contributed by atoms with Crippen molar-refractivity contribution in [2.24, 2.45) is 0 Å². The van der Waals surface area contributed by atoms with Crippen molar-refractivity contribution in [3.05, 3.63) is 51.5 Å². The lowest BCUT2D eigenvalue weighted by atomic mass is 10.1. The topological polar surface area (TPSA) is 70.4 Å². The van der Waals surface area contributed by atoms with Crippen molar-refractivity contribution in [1.29, 1.82) is 0 Å². The third-order valence-corrected chi connectivity index (χ3v) is 4.34. The summed E-state index contributed by atoms with van der Waals surface area (Å²) in [7, 11) is 1.65. The SMILES string of the molecule is COC[C@H](C)n1c(C)cc(C(=O)COC(=O)c2cncc(Br)c2)c1C. The van der Waals surface area contributed by atoms with Crippen LogP contribution in [-0.4, -0.2) is 41.6 Å². The van der Waals surface area contributed by atoms with E-state index < -0.39 is 5.97 Å². The van der Waals surface area contributed by atoms with E-state index in [2.05, 4.69) is 25.5 Å². The van der Waals surface area contributed by atoms with E-state index in [4.69, 9.17) is 9.47 Å². The highest BCUT2D eigenvalue weighted by Gasteiger charge is 2.20. The van der Waals surface area contributed by atoms with Crippen LogP contribution in [0.3, 0.4) is 0 Å². The van der Waals surface area contributed by atoms with Crippen LogP contribution in [-0.2, 0) is 9.47 Å². The van der Waals surface area contributed by atoms with Crippen molar-refractivity contribution in [2.45, 2.75) is 26.8 Å². The Labute approximate surface area is 155 Å². The van der Waals surface area contributed by atoms with Gasteiger partial charge in [-0.2, -0.15) is 0 Å². The van der Waals surface area contributed by atoms with E-state index >= 15 is 0 Å². The normalized spacial score (nSPS) is 12.0. The lowest BCUT2D eigenvalue weighted by Gasteiger charge is -2.17. The quantitative estimate of drug-likeness (QED) is 0.517. The molecule has 0 saturated heterocycles. The number of nitrogens with zero attached hydrogens (tertiary/aromatic N) is 2. The third kappa shape index (κ3) is 4.55. The molecular weight excluding hydrogens is 388 g/mol. The van der Waals surface area contributed by atoms with E-state index in [0.717, 1.165) is 11.4 Å². The van der Waals surface area contributed by atoms with Crippen LogP contribution in [0, 0.1) is 13.8 Å². The first-order valence-corrected chi connectivity index (χ1v) is 8.62. The lowest BCUT2D eigenvalue weighted by molar-refractivity contribution is 0.0474. The molecule has 2 aromatic rings. The third-order valence-electron chi connectivity index (χ3n) is 3.91. The molecular formula is C18H21BrN2O4. The first-order valence-electron chi connectivity index (χ1n) is 7.83. The largest absolute Gasteiger partial charge is 0.454 e. The van der Waals surface area contributed by atoms with Crippen LogP contribution in [0.5, 0.6) is 0 Å². The standard InChI is InChI=1S/C18H21BrN2O4/c1-11-5-16(13(3)21(11)12(2)9-24-4)17(22)10-25-18(23)14-6-15(19)8-20-7-14/h5-8,12H,9-10H2,1-4H3/t12-/m0/s1. The number of pyridine rings is 1. The molecule has 6 nitrogen and oxygen atoms in total. The number of ether oxygens (including phenoxy) is 2. The summed E-state index contributed by atoms with van der Waals surface area (Å²) in [5.74, 6) is -0.816. The summed E-state index contributed by atoms with van der Waals surface area (Å²) in [5.41, 5.74) is 2.65. The van der Waals surface area contributed by atoms with Crippen LogP contribution in [0.15, 0.2) is 29.0 Å². The van der Waals surface area contributed by atoms with Crippen LogP contribution in [0.2, 0.25) is 0 Å². The fourth-order valence-corrected chi connectivity index (χ4v) is 3.23. The Kier molecular flexibility index (Phi) is 6.50. The van der Waals surface area contributed by atoms with Gasteiger partial charge in [0, 0.05) is 40.9 Å². The van der Waals surface area contributed by atoms with E-state index in [1.54, 1.807) is 19.4 Å². The summed E-state index contributed by atoms with van der Waals surface area (Å²) < 4.78 is 13.0. The summed E-state index contributed by atoms with van der Waals surface area (Å²) in [6.07, 6.45) is 2.97. The van der Waals surface area contributed by atoms with Crippen molar-refractivity contribution in [3.63, 3.8) is 0 Å². The van der Waals surface area contributed by atoms with Crippen LogP contribution < -0.4 is 0 Å². The van der Waals surface area contributed by atoms with Crippen LogP contribution in [0.25, 0.3) is 0 Å². The Balaban J connectivity index is 2.09. The number of carbonyl (C=O) groups is 2. The summed E-state index contributed by atoms with van der Waals surface area (Å²) >= 11 is 3.24. The molecule has 1 atom stereocenters. The molecule has 2 heterocycles. The second-order valence-electron chi connectivity index (χ2n) is 5.85. The van der Waals surface area contributed by atoms with E-state index in [-0.39, 0.29) is 18.4 Å². The van der Waals surface area contributed by atoms with Gasteiger partial charge in [-0.25, -0.2) is 4.79 Å².